The molecular formula is C15H14Cl2N2O4. The highest BCUT2D eigenvalue weighted by Gasteiger charge is 2.17. The van der Waals surface area contributed by atoms with Crippen LogP contribution in [-0.2, 0) is 0 Å². The number of carbonyl (C=O) groups is 1. The average Bonchev–Trinajstić information content (AvgIpc) is 2.51. The minimum absolute atomic E-state index is 0.00637. The van der Waals surface area contributed by atoms with E-state index in [4.69, 9.17) is 38.4 Å². The maximum Gasteiger partial charge on any atom is 0.337 e. The van der Waals surface area contributed by atoms with Crippen LogP contribution < -0.4 is 20.5 Å². The number of nitrogen functional groups attached to an aromatic ring is 1. The van der Waals surface area contributed by atoms with Gasteiger partial charge in [0.15, 0.2) is 11.5 Å². The summed E-state index contributed by atoms with van der Waals surface area (Å²) in [7, 11) is 2.88. The van der Waals surface area contributed by atoms with Crippen LogP contribution in [0.3, 0.4) is 0 Å². The summed E-state index contributed by atoms with van der Waals surface area (Å²) in [6.45, 7) is 0. The monoisotopic (exact) mass is 356 g/mol. The van der Waals surface area contributed by atoms with Gasteiger partial charge in [-0.15, -0.1) is 0 Å². The number of carboxylic acids is 1. The highest BCUT2D eigenvalue weighted by atomic mass is 35.5. The van der Waals surface area contributed by atoms with Gasteiger partial charge in [0.2, 0.25) is 0 Å². The largest absolute Gasteiger partial charge is 0.493 e. The maximum atomic E-state index is 11.5. The van der Waals surface area contributed by atoms with Gasteiger partial charge in [-0.2, -0.15) is 0 Å². The summed E-state index contributed by atoms with van der Waals surface area (Å²) in [5, 5.41) is 12.9. The number of halogens is 2. The van der Waals surface area contributed by atoms with Crippen LogP contribution in [0.15, 0.2) is 24.3 Å². The van der Waals surface area contributed by atoms with Crippen molar-refractivity contribution in [2.24, 2.45) is 0 Å². The number of benzene rings is 2. The Hall–Kier alpha value is -2.31. The molecule has 0 radical (unpaired) electrons. The van der Waals surface area contributed by atoms with Crippen molar-refractivity contribution in [3.05, 3.63) is 39.9 Å². The number of aromatic carboxylic acids is 1. The molecule has 2 aromatic carbocycles. The lowest BCUT2D eigenvalue weighted by atomic mass is 10.1. The van der Waals surface area contributed by atoms with Crippen molar-refractivity contribution in [3.63, 3.8) is 0 Å². The van der Waals surface area contributed by atoms with E-state index in [-0.39, 0.29) is 11.3 Å². The summed E-state index contributed by atoms with van der Waals surface area (Å²) < 4.78 is 10.3. The number of hydrogen-bond acceptors (Lipinski definition) is 5. The Bertz CT molecular complexity index is 766. The number of nitrogens with two attached hydrogens (primary N) is 1. The zero-order chi connectivity index (χ0) is 17.1. The maximum absolute atomic E-state index is 11.5. The van der Waals surface area contributed by atoms with E-state index in [9.17, 15) is 9.90 Å². The van der Waals surface area contributed by atoms with Crippen LogP contribution in [0.2, 0.25) is 10.0 Å². The summed E-state index contributed by atoms with van der Waals surface area (Å²) in [5.74, 6) is -0.455. The molecule has 0 saturated heterocycles. The Morgan fingerprint density at radius 3 is 2.17 bits per heavy atom. The van der Waals surface area contributed by atoms with E-state index in [1.54, 1.807) is 0 Å². The Morgan fingerprint density at radius 2 is 1.61 bits per heavy atom. The standard InChI is InChI=1S/C15H14Cl2N2O4/c1-22-13-3-7(15(20)21)11(6-14(13)23-2)19-12-5-9(17)8(16)4-10(12)18/h3-6,19H,18H2,1-2H3,(H,20,21). The Labute approximate surface area is 142 Å². The van der Waals surface area contributed by atoms with Crippen molar-refractivity contribution >= 4 is 46.2 Å². The highest BCUT2D eigenvalue weighted by molar-refractivity contribution is 6.42. The van der Waals surface area contributed by atoms with Gasteiger partial charge < -0.3 is 25.6 Å². The van der Waals surface area contributed by atoms with Gasteiger partial charge in [-0.3, -0.25) is 0 Å². The molecule has 0 saturated carbocycles. The van der Waals surface area contributed by atoms with Gasteiger partial charge in [0.25, 0.3) is 0 Å². The quantitative estimate of drug-likeness (QED) is 0.700. The first-order valence-corrected chi connectivity index (χ1v) is 7.13. The van der Waals surface area contributed by atoms with Crippen LogP contribution in [0.25, 0.3) is 0 Å². The Balaban J connectivity index is 2.54. The van der Waals surface area contributed by atoms with Crippen molar-refractivity contribution in [1.82, 2.24) is 0 Å². The van der Waals surface area contributed by atoms with Crippen LogP contribution >= 0.6 is 23.2 Å². The number of hydrogen-bond donors (Lipinski definition) is 3. The van der Waals surface area contributed by atoms with E-state index >= 15 is 0 Å². The molecule has 0 atom stereocenters. The van der Waals surface area contributed by atoms with Crippen LogP contribution in [0.5, 0.6) is 11.5 Å². The number of rotatable bonds is 5. The minimum Gasteiger partial charge on any atom is -0.493 e. The molecule has 0 aliphatic heterocycles. The molecule has 0 spiro atoms. The van der Waals surface area contributed by atoms with Crippen molar-refractivity contribution in [3.8, 4) is 11.5 Å². The molecule has 0 unspecified atom stereocenters. The van der Waals surface area contributed by atoms with Crippen LogP contribution in [0.4, 0.5) is 17.1 Å². The van der Waals surface area contributed by atoms with Crippen molar-refractivity contribution < 1.29 is 19.4 Å². The summed E-state index contributed by atoms with van der Waals surface area (Å²) in [6, 6.07) is 5.86. The molecule has 23 heavy (non-hydrogen) atoms. The highest BCUT2D eigenvalue weighted by Crippen LogP contribution is 2.37. The lowest BCUT2D eigenvalue weighted by molar-refractivity contribution is 0.0697. The zero-order valence-corrected chi connectivity index (χ0v) is 13.8. The van der Waals surface area contributed by atoms with Gasteiger partial charge in [0, 0.05) is 12.1 Å². The normalized spacial score (nSPS) is 10.3. The number of anilines is 3. The van der Waals surface area contributed by atoms with E-state index in [0.29, 0.717) is 32.9 Å². The number of nitrogens with one attached hydrogen (secondary N) is 1. The molecule has 2 aromatic rings. The fourth-order valence-corrected chi connectivity index (χ4v) is 2.31. The van der Waals surface area contributed by atoms with Gasteiger partial charge >= 0.3 is 5.97 Å². The first kappa shape index (κ1) is 17.1. The second-order valence-electron chi connectivity index (χ2n) is 4.54. The Kier molecular flexibility index (Phi) is 5.08. The molecule has 2 rings (SSSR count). The van der Waals surface area contributed by atoms with E-state index in [1.165, 1.54) is 38.5 Å². The molecule has 122 valence electrons. The van der Waals surface area contributed by atoms with E-state index in [1.807, 2.05) is 0 Å². The van der Waals surface area contributed by atoms with Gasteiger partial charge in [0.05, 0.1) is 46.9 Å². The predicted octanol–water partition coefficient (Wildman–Crippen LogP) is 4.03. The third kappa shape index (κ3) is 3.55. The lowest BCUT2D eigenvalue weighted by Gasteiger charge is -2.16. The van der Waals surface area contributed by atoms with Crippen molar-refractivity contribution in [2.45, 2.75) is 0 Å². The molecule has 8 heteroatoms. The van der Waals surface area contributed by atoms with Crippen molar-refractivity contribution in [1.29, 1.82) is 0 Å². The minimum atomic E-state index is -1.13. The van der Waals surface area contributed by atoms with Gasteiger partial charge in [0.1, 0.15) is 0 Å². The molecule has 0 bridgehead atoms. The predicted molar refractivity (Wildman–Crippen MR) is 90.7 cm³/mol. The number of methoxy groups -OCH3 is 2. The lowest BCUT2D eigenvalue weighted by Crippen LogP contribution is -2.06. The first-order chi connectivity index (χ1) is 10.9. The molecular weight excluding hydrogens is 343 g/mol. The molecule has 0 amide bonds. The SMILES string of the molecule is COc1cc(Nc2cc(Cl)c(Cl)cc2N)c(C(=O)O)cc1OC. The average molecular weight is 357 g/mol. The molecule has 6 nitrogen and oxygen atoms in total. The van der Waals surface area contributed by atoms with Gasteiger partial charge in [-0.1, -0.05) is 23.2 Å². The van der Waals surface area contributed by atoms with E-state index in [2.05, 4.69) is 5.32 Å². The van der Waals surface area contributed by atoms with Crippen molar-refractivity contribution in [2.75, 3.05) is 25.3 Å². The summed E-state index contributed by atoms with van der Waals surface area (Å²) in [6.07, 6.45) is 0. The molecule has 0 aliphatic carbocycles. The third-order valence-electron chi connectivity index (χ3n) is 3.12. The van der Waals surface area contributed by atoms with Crippen LogP contribution in [-0.4, -0.2) is 25.3 Å². The van der Waals surface area contributed by atoms with Gasteiger partial charge in [-0.05, 0) is 12.1 Å². The molecule has 0 aliphatic rings. The van der Waals surface area contributed by atoms with Crippen LogP contribution in [0, 0.1) is 0 Å². The summed E-state index contributed by atoms with van der Waals surface area (Å²) in [4.78, 5) is 11.5. The second kappa shape index (κ2) is 6.85. The molecule has 0 aromatic heterocycles. The summed E-state index contributed by atoms with van der Waals surface area (Å²) in [5.41, 5.74) is 6.90. The smallest absolute Gasteiger partial charge is 0.337 e. The number of ether oxygens (including phenoxy) is 2. The fraction of sp³-hybridized carbons (Fsp3) is 0.133. The van der Waals surface area contributed by atoms with E-state index < -0.39 is 5.97 Å². The molecule has 4 N–H and O–H groups in total. The molecule has 0 heterocycles. The number of carboxylic acid groups (broad SMARTS) is 1. The fourth-order valence-electron chi connectivity index (χ4n) is 1.97. The third-order valence-corrected chi connectivity index (χ3v) is 3.84. The van der Waals surface area contributed by atoms with Crippen LogP contribution in [0.1, 0.15) is 10.4 Å². The second-order valence-corrected chi connectivity index (χ2v) is 5.35. The van der Waals surface area contributed by atoms with Gasteiger partial charge in [-0.25, -0.2) is 4.79 Å². The Morgan fingerprint density at radius 1 is 1.04 bits per heavy atom. The first-order valence-electron chi connectivity index (χ1n) is 6.38. The topological polar surface area (TPSA) is 93.8 Å². The van der Waals surface area contributed by atoms with E-state index in [0.717, 1.165) is 0 Å². The molecule has 0 fully saturated rings. The summed E-state index contributed by atoms with van der Waals surface area (Å²) >= 11 is 11.9. The zero-order valence-electron chi connectivity index (χ0n) is 12.3.